The first-order valence-corrected chi connectivity index (χ1v) is 8.25. The smallest absolute Gasteiger partial charge is 0.249 e. The highest BCUT2D eigenvalue weighted by Crippen LogP contribution is 2.31. The van der Waals surface area contributed by atoms with Crippen LogP contribution in [0.4, 0.5) is 23.1 Å². The van der Waals surface area contributed by atoms with Crippen molar-refractivity contribution in [3.8, 4) is 11.5 Å². The number of aromatic nitrogens is 3. The molecule has 0 bridgehead atoms. The second kappa shape index (κ2) is 8.07. The number of halogens is 2. The molecule has 2 aromatic carbocycles. The van der Waals surface area contributed by atoms with E-state index in [4.69, 9.17) is 32.7 Å². The van der Waals surface area contributed by atoms with Gasteiger partial charge in [-0.3, -0.25) is 0 Å². The third-order valence-corrected chi connectivity index (χ3v) is 3.79. The molecular formula is C17H15Cl2N5O2. The normalized spacial score (nSPS) is 10.3. The van der Waals surface area contributed by atoms with E-state index in [2.05, 4.69) is 25.8 Å². The molecule has 0 radical (unpaired) electrons. The predicted molar refractivity (Wildman–Crippen MR) is 102 cm³/mol. The molecule has 1 heterocycles. The van der Waals surface area contributed by atoms with Crippen LogP contribution in [0.1, 0.15) is 0 Å². The Bertz CT molecular complexity index is 903. The molecule has 0 aliphatic carbocycles. The zero-order valence-corrected chi connectivity index (χ0v) is 15.5. The Kier molecular flexibility index (Phi) is 5.60. The lowest BCUT2D eigenvalue weighted by Crippen LogP contribution is -2.03. The molecule has 3 aromatic rings. The Balaban J connectivity index is 1.81. The summed E-state index contributed by atoms with van der Waals surface area (Å²) in [5, 5.41) is 15.1. The van der Waals surface area contributed by atoms with Gasteiger partial charge in [0.2, 0.25) is 5.95 Å². The number of nitrogens with zero attached hydrogens (tertiary/aromatic N) is 3. The van der Waals surface area contributed by atoms with E-state index in [1.54, 1.807) is 38.5 Å². The van der Waals surface area contributed by atoms with Gasteiger partial charge in [0.15, 0.2) is 5.82 Å². The lowest BCUT2D eigenvalue weighted by Gasteiger charge is -2.12. The first-order chi connectivity index (χ1) is 12.6. The number of benzene rings is 2. The van der Waals surface area contributed by atoms with Crippen LogP contribution in [0.15, 0.2) is 42.6 Å². The molecule has 0 saturated carbocycles. The minimum absolute atomic E-state index is 0.292. The van der Waals surface area contributed by atoms with Gasteiger partial charge in [-0.25, -0.2) is 0 Å². The molecule has 134 valence electrons. The largest absolute Gasteiger partial charge is 0.497 e. The summed E-state index contributed by atoms with van der Waals surface area (Å²) in [7, 11) is 3.17. The average Bonchev–Trinajstić information content (AvgIpc) is 2.61. The van der Waals surface area contributed by atoms with E-state index >= 15 is 0 Å². The van der Waals surface area contributed by atoms with Gasteiger partial charge < -0.3 is 20.1 Å². The fourth-order valence-electron chi connectivity index (χ4n) is 2.21. The van der Waals surface area contributed by atoms with E-state index in [0.717, 1.165) is 0 Å². The highest BCUT2D eigenvalue weighted by Gasteiger charge is 2.08. The molecule has 0 fully saturated rings. The fraction of sp³-hybridized carbons (Fsp3) is 0.118. The minimum Gasteiger partial charge on any atom is -0.497 e. The Morgan fingerprint density at radius 2 is 1.69 bits per heavy atom. The van der Waals surface area contributed by atoms with E-state index in [1.807, 2.05) is 12.1 Å². The Hall–Kier alpha value is -2.77. The number of anilines is 4. The van der Waals surface area contributed by atoms with Gasteiger partial charge in [0.25, 0.3) is 0 Å². The molecule has 0 atom stereocenters. The molecule has 7 nitrogen and oxygen atoms in total. The van der Waals surface area contributed by atoms with Gasteiger partial charge in [0.1, 0.15) is 11.5 Å². The maximum Gasteiger partial charge on any atom is 0.249 e. The van der Waals surface area contributed by atoms with Crippen molar-refractivity contribution in [2.75, 3.05) is 24.9 Å². The van der Waals surface area contributed by atoms with E-state index < -0.39 is 0 Å². The second-order valence-corrected chi connectivity index (χ2v) is 6.01. The van der Waals surface area contributed by atoms with Gasteiger partial charge in [0, 0.05) is 21.8 Å². The number of methoxy groups -OCH3 is 2. The summed E-state index contributed by atoms with van der Waals surface area (Å²) >= 11 is 12.0. The summed E-state index contributed by atoms with van der Waals surface area (Å²) in [6, 6.07) is 10.5. The second-order valence-electron chi connectivity index (χ2n) is 5.14. The van der Waals surface area contributed by atoms with Gasteiger partial charge in [-0.1, -0.05) is 23.2 Å². The quantitative estimate of drug-likeness (QED) is 0.630. The zero-order valence-electron chi connectivity index (χ0n) is 14.0. The summed E-state index contributed by atoms with van der Waals surface area (Å²) < 4.78 is 10.6. The number of nitrogens with one attached hydrogen (secondary N) is 2. The SMILES string of the molecule is COc1ccc(Nc2cnnc(Nc3cc(Cl)cc(Cl)c3)n2)c(OC)c1. The molecule has 0 amide bonds. The molecule has 0 unspecified atom stereocenters. The first-order valence-electron chi connectivity index (χ1n) is 7.49. The van der Waals surface area contributed by atoms with Crippen molar-refractivity contribution >= 4 is 46.3 Å². The maximum absolute atomic E-state index is 6.00. The van der Waals surface area contributed by atoms with Crippen molar-refractivity contribution in [2.24, 2.45) is 0 Å². The molecule has 0 aliphatic rings. The van der Waals surface area contributed by atoms with Crippen LogP contribution >= 0.6 is 23.2 Å². The van der Waals surface area contributed by atoms with Crippen molar-refractivity contribution < 1.29 is 9.47 Å². The summed E-state index contributed by atoms with van der Waals surface area (Å²) in [5.74, 6) is 2.08. The van der Waals surface area contributed by atoms with Crippen LogP contribution in [0.2, 0.25) is 10.0 Å². The van der Waals surface area contributed by atoms with Crippen molar-refractivity contribution in [1.82, 2.24) is 15.2 Å². The molecule has 26 heavy (non-hydrogen) atoms. The third-order valence-electron chi connectivity index (χ3n) is 3.35. The van der Waals surface area contributed by atoms with Crippen LogP contribution < -0.4 is 20.1 Å². The van der Waals surface area contributed by atoms with Crippen molar-refractivity contribution in [3.63, 3.8) is 0 Å². The summed E-state index contributed by atoms with van der Waals surface area (Å²) in [6.07, 6.45) is 1.50. The van der Waals surface area contributed by atoms with Gasteiger partial charge in [-0.2, -0.15) is 10.1 Å². The minimum atomic E-state index is 0.292. The fourth-order valence-corrected chi connectivity index (χ4v) is 2.74. The molecule has 2 N–H and O–H groups in total. The van der Waals surface area contributed by atoms with Gasteiger partial charge in [-0.05, 0) is 30.3 Å². The van der Waals surface area contributed by atoms with E-state index in [0.29, 0.717) is 44.7 Å². The molecule has 3 rings (SSSR count). The Morgan fingerprint density at radius 3 is 2.38 bits per heavy atom. The first kappa shape index (κ1) is 18.0. The van der Waals surface area contributed by atoms with E-state index in [1.165, 1.54) is 6.20 Å². The van der Waals surface area contributed by atoms with Crippen molar-refractivity contribution in [2.45, 2.75) is 0 Å². The molecule has 1 aromatic heterocycles. The van der Waals surface area contributed by atoms with Gasteiger partial charge >= 0.3 is 0 Å². The zero-order chi connectivity index (χ0) is 18.5. The average molecular weight is 392 g/mol. The molecule has 0 aliphatic heterocycles. The lowest BCUT2D eigenvalue weighted by molar-refractivity contribution is 0.395. The van der Waals surface area contributed by atoms with E-state index in [9.17, 15) is 0 Å². The highest BCUT2D eigenvalue weighted by molar-refractivity contribution is 6.35. The Morgan fingerprint density at radius 1 is 0.923 bits per heavy atom. The number of hydrogen-bond acceptors (Lipinski definition) is 7. The Labute approximate surface area is 160 Å². The van der Waals surface area contributed by atoms with Gasteiger partial charge in [-0.15, -0.1) is 5.10 Å². The number of hydrogen-bond donors (Lipinski definition) is 2. The van der Waals surface area contributed by atoms with Crippen LogP contribution in [-0.4, -0.2) is 29.4 Å². The summed E-state index contributed by atoms with van der Waals surface area (Å²) in [5.41, 5.74) is 1.37. The lowest BCUT2D eigenvalue weighted by atomic mass is 10.2. The topological polar surface area (TPSA) is 81.2 Å². The summed E-state index contributed by atoms with van der Waals surface area (Å²) in [4.78, 5) is 4.37. The van der Waals surface area contributed by atoms with Crippen LogP contribution in [-0.2, 0) is 0 Å². The highest BCUT2D eigenvalue weighted by atomic mass is 35.5. The number of ether oxygens (including phenoxy) is 2. The van der Waals surface area contributed by atoms with Gasteiger partial charge in [0.05, 0.1) is 26.1 Å². The predicted octanol–water partition coefficient (Wildman–Crippen LogP) is 4.68. The third kappa shape index (κ3) is 4.44. The van der Waals surface area contributed by atoms with Crippen LogP contribution in [0.3, 0.4) is 0 Å². The van der Waals surface area contributed by atoms with Crippen LogP contribution in [0.25, 0.3) is 0 Å². The van der Waals surface area contributed by atoms with Crippen molar-refractivity contribution in [3.05, 3.63) is 52.6 Å². The van der Waals surface area contributed by atoms with Crippen LogP contribution in [0, 0.1) is 0 Å². The molecule has 0 saturated heterocycles. The standard InChI is InChI=1S/C17H15Cl2N5O2/c1-25-13-3-4-14(15(8-13)26-2)22-16-9-20-24-17(23-16)21-12-6-10(18)5-11(19)7-12/h3-9H,1-2H3,(H2,21,22,23,24). The van der Waals surface area contributed by atoms with Crippen molar-refractivity contribution in [1.29, 1.82) is 0 Å². The van der Waals surface area contributed by atoms with E-state index in [-0.39, 0.29) is 0 Å². The summed E-state index contributed by atoms with van der Waals surface area (Å²) in [6.45, 7) is 0. The maximum atomic E-state index is 6.00. The molecule has 0 spiro atoms. The molecular weight excluding hydrogens is 377 g/mol. The van der Waals surface area contributed by atoms with Crippen LogP contribution in [0.5, 0.6) is 11.5 Å². The number of rotatable bonds is 6. The molecule has 9 heteroatoms. The monoisotopic (exact) mass is 391 g/mol.